The molecule has 29 heavy (non-hydrogen) atoms. The molecule has 0 aliphatic carbocycles. The van der Waals surface area contributed by atoms with Gasteiger partial charge in [0.1, 0.15) is 0 Å². The Morgan fingerprint density at radius 3 is 2.55 bits per heavy atom. The number of carbonyl (C=O) groups is 1. The van der Waals surface area contributed by atoms with Crippen LogP contribution >= 0.6 is 0 Å². The van der Waals surface area contributed by atoms with Gasteiger partial charge in [-0.1, -0.05) is 12.1 Å². The van der Waals surface area contributed by atoms with Crippen molar-refractivity contribution in [1.82, 2.24) is 25.1 Å². The zero-order chi connectivity index (χ0) is 20.1. The Balaban J connectivity index is 1.24. The molecule has 4 heterocycles. The van der Waals surface area contributed by atoms with Crippen molar-refractivity contribution in [2.75, 3.05) is 26.7 Å². The second-order valence-corrected chi connectivity index (χ2v) is 8.14. The molecule has 1 unspecified atom stereocenters. The monoisotopic (exact) mass is 395 g/mol. The first kappa shape index (κ1) is 19.8. The lowest BCUT2D eigenvalue weighted by molar-refractivity contribution is -0.0368. The van der Waals surface area contributed by atoms with Crippen LogP contribution in [0.15, 0.2) is 49.1 Å². The third-order valence-corrected chi connectivity index (χ3v) is 6.10. The molecule has 0 radical (unpaired) electrons. The van der Waals surface area contributed by atoms with E-state index in [9.17, 15) is 4.79 Å². The maximum Gasteiger partial charge on any atom is 0.317 e. The van der Waals surface area contributed by atoms with Crippen LogP contribution in [0.4, 0.5) is 4.79 Å². The highest BCUT2D eigenvalue weighted by Crippen LogP contribution is 2.37. The summed E-state index contributed by atoms with van der Waals surface area (Å²) in [6.07, 6.45) is 10.0. The quantitative estimate of drug-likeness (QED) is 0.842. The first-order chi connectivity index (χ1) is 14.1. The number of piperidine rings is 1. The second kappa shape index (κ2) is 8.88. The highest BCUT2D eigenvalue weighted by molar-refractivity contribution is 5.74. The summed E-state index contributed by atoms with van der Waals surface area (Å²) >= 11 is 0. The average molecular weight is 396 g/mol. The van der Waals surface area contributed by atoms with E-state index in [1.54, 1.807) is 18.6 Å². The van der Waals surface area contributed by atoms with Gasteiger partial charge in [-0.25, -0.2) is 4.79 Å². The number of amides is 2. The first-order valence-electron chi connectivity index (χ1n) is 10.3. The third kappa shape index (κ3) is 4.92. The maximum absolute atomic E-state index is 12.5. The molecule has 2 amide bonds. The molecule has 7 nitrogen and oxygen atoms in total. The van der Waals surface area contributed by atoms with Gasteiger partial charge in [0, 0.05) is 57.0 Å². The summed E-state index contributed by atoms with van der Waals surface area (Å²) in [5, 5.41) is 2.99. The van der Waals surface area contributed by atoms with Gasteiger partial charge in [-0.15, -0.1) is 0 Å². The summed E-state index contributed by atoms with van der Waals surface area (Å²) in [4.78, 5) is 25.0. The van der Waals surface area contributed by atoms with Crippen LogP contribution < -0.4 is 5.32 Å². The van der Waals surface area contributed by atoms with E-state index in [1.165, 1.54) is 5.56 Å². The number of hydrogen-bond donors (Lipinski definition) is 1. The van der Waals surface area contributed by atoms with Crippen LogP contribution in [0, 0.1) is 0 Å². The van der Waals surface area contributed by atoms with Gasteiger partial charge in [0.25, 0.3) is 0 Å². The van der Waals surface area contributed by atoms with E-state index in [-0.39, 0.29) is 11.6 Å². The summed E-state index contributed by atoms with van der Waals surface area (Å²) in [7, 11) is 2.15. The topological polar surface area (TPSA) is 70.6 Å². The third-order valence-electron chi connectivity index (χ3n) is 6.10. The molecule has 1 atom stereocenters. The number of ether oxygens (including phenoxy) is 1. The molecule has 2 aromatic heterocycles. The minimum absolute atomic E-state index is 0.00746. The fourth-order valence-electron chi connectivity index (χ4n) is 4.27. The number of likely N-dealkylation sites (tertiary alicyclic amines) is 1. The van der Waals surface area contributed by atoms with E-state index in [2.05, 4.69) is 33.3 Å². The van der Waals surface area contributed by atoms with Crippen LogP contribution in [0.25, 0.3) is 0 Å². The lowest BCUT2D eigenvalue weighted by Gasteiger charge is -2.38. The Bertz CT molecular complexity index is 793. The Morgan fingerprint density at radius 1 is 1.21 bits per heavy atom. The molecule has 1 N–H and O–H groups in total. The molecular weight excluding hydrogens is 366 g/mol. The van der Waals surface area contributed by atoms with Crippen molar-refractivity contribution in [3.05, 3.63) is 60.2 Å². The van der Waals surface area contributed by atoms with Crippen molar-refractivity contribution in [3.8, 4) is 0 Å². The van der Waals surface area contributed by atoms with Crippen LogP contribution in [0.2, 0.25) is 0 Å². The summed E-state index contributed by atoms with van der Waals surface area (Å²) in [5.41, 5.74) is 2.14. The van der Waals surface area contributed by atoms with Gasteiger partial charge < -0.3 is 15.0 Å². The Kier molecular flexibility index (Phi) is 6.06. The summed E-state index contributed by atoms with van der Waals surface area (Å²) in [6, 6.07) is 8.33. The SMILES string of the molecule is CN(Cc1cccnc1)C1COC2(CCN(C(=O)NCc3cccnc3)CC2)C1. The zero-order valence-corrected chi connectivity index (χ0v) is 17.0. The molecule has 7 heteroatoms. The van der Waals surface area contributed by atoms with Gasteiger partial charge >= 0.3 is 6.03 Å². The van der Waals surface area contributed by atoms with Crippen molar-refractivity contribution in [1.29, 1.82) is 0 Å². The van der Waals surface area contributed by atoms with Crippen LogP contribution in [0.3, 0.4) is 0 Å². The van der Waals surface area contributed by atoms with Gasteiger partial charge in [0.05, 0.1) is 12.2 Å². The summed E-state index contributed by atoms with van der Waals surface area (Å²) in [6.45, 7) is 3.60. The van der Waals surface area contributed by atoms with Gasteiger partial charge in [0.2, 0.25) is 0 Å². The molecule has 2 aliphatic heterocycles. The highest BCUT2D eigenvalue weighted by atomic mass is 16.5. The summed E-state index contributed by atoms with van der Waals surface area (Å²) < 4.78 is 6.29. The van der Waals surface area contributed by atoms with E-state index < -0.39 is 0 Å². The molecule has 154 valence electrons. The standard InChI is InChI=1S/C22H29N5O2/c1-26(16-19-5-3-9-24-14-19)20-12-22(29-17-20)6-10-27(11-7-22)21(28)25-15-18-4-2-8-23-13-18/h2-5,8-9,13-14,20H,6-7,10-12,15-17H2,1H3,(H,25,28). The van der Waals surface area contributed by atoms with Crippen LogP contribution in [-0.4, -0.2) is 64.2 Å². The number of rotatable bonds is 5. The lowest BCUT2D eigenvalue weighted by atomic mass is 9.87. The fraction of sp³-hybridized carbons (Fsp3) is 0.500. The number of nitrogens with zero attached hydrogens (tertiary/aromatic N) is 4. The Labute approximate surface area is 172 Å². The first-order valence-corrected chi connectivity index (χ1v) is 10.3. The van der Waals surface area contributed by atoms with E-state index >= 15 is 0 Å². The molecule has 2 saturated heterocycles. The fourth-order valence-corrected chi connectivity index (χ4v) is 4.27. The van der Waals surface area contributed by atoms with Crippen molar-refractivity contribution < 1.29 is 9.53 Å². The number of aromatic nitrogens is 2. The largest absolute Gasteiger partial charge is 0.373 e. The van der Waals surface area contributed by atoms with Gasteiger partial charge in [-0.3, -0.25) is 14.9 Å². The molecule has 0 aromatic carbocycles. The molecule has 2 fully saturated rings. The summed E-state index contributed by atoms with van der Waals surface area (Å²) in [5.74, 6) is 0. The molecule has 2 aromatic rings. The van der Waals surface area contributed by atoms with E-state index in [1.807, 2.05) is 29.3 Å². The number of carbonyl (C=O) groups excluding carboxylic acids is 1. The van der Waals surface area contributed by atoms with Crippen molar-refractivity contribution in [2.45, 2.75) is 44.0 Å². The highest BCUT2D eigenvalue weighted by Gasteiger charge is 2.44. The molecule has 1 spiro atoms. The van der Waals surface area contributed by atoms with E-state index in [0.29, 0.717) is 12.6 Å². The van der Waals surface area contributed by atoms with Crippen molar-refractivity contribution in [3.63, 3.8) is 0 Å². The van der Waals surface area contributed by atoms with Crippen molar-refractivity contribution in [2.24, 2.45) is 0 Å². The van der Waals surface area contributed by atoms with Crippen molar-refractivity contribution >= 4 is 6.03 Å². The van der Waals surface area contributed by atoms with E-state index in [0.717, 1.165) is 51.1 Å². The average Bonchev–Trinajstić information content (AvgIpc) is 3.18. The Hall–Kier alpha value is -2.51. The number of hydrogen-bond acceptors (Lipinski definition) is 5. The molecular formula is C22H29N5O2. The molecule has 4 rings (SSSR count). The van der Waals surface area contributed by atoms with Crippen LogP contribution in [0.5, 0.6) is 0 Å². The van der Waals surface area contributed by atoms with Gasteiger partial charge in [0.15, 0.2) is 0 Å². The minimum atomic E-state index is -0.0893. The predicted molar refractivity (Wildman–Crippen MR) is 110 cm³/mol. The number of urea groups is 1. The van der Waals surface area contributed by atoms with Crippen LogP contribution in [-0.2, 0) is 17.8 Å². The number of likely N-dealkylation sites (N-methyl/N-ethyl adjacent to an activating group) is 1. The molecule has 0 bridgehead atoms. The van der Waals surface area contributed by atoms with E-state index in [4.69, 9.17) is 4.74 Å². The number of pyridine rings is 2. The lowest BCUT2D eigenvalue weighted by Crippen LogP contribution is -2.49. The smallest absolute Gasteiger partial charge is 0.317 e. The zero-order valence-electron chi connectivity index (χ0n) is 17.0. The normalized spacial score (nSPS) is 20.9. The van der Waals surface area contributed by atoms with Gasteiger partial charge in [-0.05, 0) is 49.6 Å². The van der Waals surface area contributed by atoms with Gasteiger partial charge in [-0.2, -0.15) is 0 Å². The predicted octanol–water partition coefficient (Wildman–Crippen LogP) is 2.44. The number of nitrogens with one attached hydrogen (secondary N) is 1. The second-order valence-electron chi connectivity index (χ2n) is 8.14. The maximum atomic E-state index is 12.5. The molecule has 0 saturated carbocycles. The molecule has 2 aliphatic rings. The minimum Gasteiger partial charge on any atom is -0.373 e. The Morgan fingerprint density at radius 2 is 1.90 bits per heavy atom. The van der Waals surface area contributed by atoms with Crippen LogP contribution in [0.1, 0.15) is 30.4 Å².